The number of benzene rings is 5. The van der Waals surface area contributed by atoms with Crippen molar-refractivity contribution in [2.24, 2.45) is 0 Å². The van der Waals surface area contributed by atoms with Crippen molar-refractivity contribution >= 4 is 61.3 Å². The number of fused-ring (bicyclic) bond motifs is 1. The Bertz CT molecular complexity index is 2790. The molecule has 0 amide bonds. The number of hydrogen-bond acceptors (Lipinski definition) is 15. The monoisotopic (exact) mass is 973 g/mol. The minimum atomic E-state index is -4.27. The van der Waals surface area contributed by atoms with Crippen LogP contribution in [0.25, 0.3) is 22.0 Å². The molecule has 1 aromatic heterocycles. The predicted molar refractivity (Wildman–Crippen MR) is 273 cm³/mol. The molecular weight excluding hydrogens is 915 g/mol. The highest BCUT2D eigenvalue weighted by Gasteiger charge is 2.25. The molecule has 1 atom stereocenters. The maximum atomic E-state index is 13.8. The van der Waals surface area contributed by atoms with Gasteiger partial charge in [-0.05, 0) is 103 Å². The number of thioether (sulfide) groups is 1. The van der Waals surface area contributed by atoms with E-state index in [1.165, 1.54) is 40.8 Å². The summed E-state index contributed by atoms with van der Waals surface area (Å²) >= 11 is 1.72. The summed E-state index contributed by atoms with van der Waals surface area (Å²) in [6.45, 7) is 14.1. The van der Waals surface area contributed by atoms with Crippen molar-refractivity contribution in [2.75, 3.05) is 118 Å². The van der Waals surface area contributed by atoms with E-state index in [2.05, 4.69) is 106 Å². The molecule has 0 bridgehead atoms. The highest BCUT2D eigenvalue weighted by atomic mass is 32.2. The third-order valence-corrected chi connectivity index (χ3v) is 15.2. The summed E-state index contributed by atoms with van der Waals surface area (Å²) < 4.78 is 47.4. The molecule has 18 heteroatoms. The molecule has 362 valence electrons. The van der Waals surface area contributed by atoms with Gasteiger partial charge in [0.1, 0.15) is 24.4 Å². The first-order valence-corrected chi connectivity index (χ1v) is 26.1. The third-order valence-electron chi connectivity index (χ3n) is 12.8. The van der Waals surface area contributed by atoms with Crippen LogP contribution >= 0.6 is 11.8 Å². The van der Waals surface area contributed by atoms with E-state index in [0.717, 1.165) is 126 Å². The normalized spacial score (nSPS) is 16.6. The van der Waals surface area contributed by atoms with Crippen molar-refractivity contribution in [1.82, 2.24) is 19.8 Å². The van der Waals surface area contributed by atoms with Gasteiger partial charge in [0, 0.05) is 99.2 Å². The molecule has 0 spiro atoms. The number of rotatable bonds is 19. The van der Waals surface area contributed by atoms with E-state index in [4.69, 9.17) is 14.2 Å². The molecule has 0 radical (unpaired) electrons. The predicted octanol–water partition coefficient (Wildman–Crippen LogP) is 7.86. The van der Waals surface area contributed by atoms with Gasteiger partial charge in [-0.25, -0.2) is 18.4 Å². The summed E-state index contributed by atoms with van der Waals surface area (Å²) in [5, 5.41) is 16.0. The topological polar surface area (TPSA) is 168 Å². The fraction of sp³-hybridized carbons (Fsp3) is 0.373. The van der Waals surface area contributed by atoms with Crippen LogP contribution in [0.3, 0.4) is 0 Å². The second kappa shape index (κ2) is 22.6. The van der Waals surface area contributed by atoms with Gasteiger partial charge in [0.05, 0.1) is 41.8 Å². The van der Waals surface area contributed by atoms with Gasteiger partial charge in [-0.3, -0.25) is 24.6 Å². The summed E-state index contributed by atoms with van der Waals surface area (Å²) in [6.07, 6.45) is 2.05. The lowest BCUT2D eigenvalue weighted by molar-refractivity contribution is -0.384. The van der Waals surface area contributed by atoms with Crippen LogP contribution < -0.4 is 24.6 Å². The summed E-state index contributed by atoms with van der Waals surface area (Å²) in [7, 11) is -4.27. The Kier molecular flexibility index (Phi) is 15.7. The Labute approximate surface area is 408 Å². The maximum absolute atomic E-state index is 13.8. The Hall–Kier alpha value is -6.02. The van der Waals surface area contributed by atoms with Crippen molar-refractivity contribution in [1.29, 1.82) is 0 Å². The molecule has 69 heavy (non-hydrogen) atoms. The van der Waals surface area contributed by atoms with Gasteiger partial charge < -0.3 is 29.3 Å². The van der Waals surface area contributed by atoms with Gasteiger partial charge in [-0.15, -0.1) is 11.8 Å². The molecule has 16 nitrogen and oxygen atoms in total. The molecule has 0 saturated carbocycles. The maximum Gasteiger partial charge on any atom is 0.293 e. The summed E-state index contributed by atoms with van der Waals surface area (Å²) in [4.78, 5) is 30.8. The lowest BCUT2D eigenvalue weighted by Crippen LogP contribution is -2.46. The standard InChI is InChI=1S/C51H59N9O7S2/c1-38(17-32-68-44-11-7-41(8-12-44)59-25-29-66-30-26-59)54-48-16-13-45(35-50(48)60(61)62)69(63,64)55-51-47-14-9-42(34-49(47)52-37-53-51)58-20-18-57(19-21-58)36-40-33-43(67-31-24-56-22-27-65-28-23-56)10-15-46(40)39-5-3-2-4-6-39/h2-16,33-35,37-38,54H,17-32,36H2,1H3,(H,52,53,55)/t38-/m1/s1. The van der Waals surface area contributed by atoms with Crippen LogP contribution in [0, 0.1) is 10.1 Å². The number of morpholine rings is 2. The van der Waals surface area contributed by atoms with Crippen LogP contribution in [0.4, 0.5) is 28.6 Å². The summed E-state index contributed by atoms with van der Waals surface area (Å²) in [6, 6.07) is 34.9. The van der Waals surface area contributed by atoms with E-state index in [1.54, 1.807) is 11.8 Å². The molecule has 0 unspecified atom stereocenters. The number of nitrogens with zero attached hydrogens (tertiary/aromatic N) is 7. The van der Waals surface area contributed by atoms with Crippen LogP contribution in [-0.4, -0.2) is 137 Å². The van der Waals surface area contributed by atoms with E-state index >= 15 is 0 Å². The number of nitrogens with one attached hydrogen (secondary N) is 2. The zero-order valence-corrected chi connectivity index (χ0v) is 40.5. The Balaban J connectivity index is 0.802. The van der Waals surface area contributed by atoms with Gasteiger partial charge >= 0.3 is 0 Å². The highest BCUT2D eigenvalue weighted by molar-refractivity contribution is 7.99. The molecule has 3 aliphatic rings. The fourth-order valence-electron chi connectivity index (χ4n) is 8.94. The molecular formula is C51H59N9O7S2. The number of nitro groups is 1. The molecule has 3 fully saturated rings. The molecule has 3 aliphatic heterocycles. The van der Waals surface area contributed by atoms with Crippen LogP contribution in [-0.2, 0) is 26.0 Å². The average molecular weight is 974 g/mol. The van der Waals surface area contributed by atoms with Crippen molar-refractivity contribution in [2.45, 2.75) is 35.7 Å². The van der Waals surface area contributed by atoms with Crippen molar-refractivity contribution < 1.29 is 27.6 Å². The molecule has 4 heterocycles. The molecule has 5 aromatic carbocycles. The Morgan fingerprint density at radius 2 is 1.51 bits per heavy atom. The number of sulfonamides is 1. The van der Waals surface area contributed by atoms with Gasteiger partial charge in [-0.1, -0.05) is 36.4 Å². The summed E-state index contributed by atoms with van der Waals surface area (Å²) in [5.41, 5.74) is 6.23. The van der Waals surface area contributed by atoms with Gasteiger partial charge in [0.2, 0.25) is 0 Å². The summed E-state index contributed by atoms with van der Waals surface area (Å²) in [5.74, 6) is 1.75. The van der Waals surface area contributed by atoms with Crippen LogP contribution in [0.2, 0.25) is 0 Å². The first-order valence-electron chi connectivity index (χ1n) is 23.6. The zero-order chi connectivity index (χ0) is 47.6. The number of nitro benzene ring substituents is 1. The Morgan fingerprint density at radius 1 is 0.783 bits per heavy atom. The van der Waals surface area contributed by atoms with Crippen LogP contribution in [0.1, 0.15) is 18.9 Å². The van der Waals surface area contributed by atoms with Crippen LogP contribution in [0.5, 0.6) is 5.75 Å². The van der Waals surface area contributed by atoms with E-state index in [9.17, 15) is 18.5 Å². The fourth-order valence-corrected chi connectivity index (χ4v) is 11.0. The van der Waals surface area contributed by atoms with E-state index in [0.29, 0.717) is 17.5 Å². The lowest BCUT2D eigenvalue weighted by atomic mass is 9.98. The number of ether oxygens (including phenoxy) is 3. The quantitative estimate of drug-likeness (QED) is 0.0457. The third kappa shape index (κ3) is 12.4. The first kappa shape index (κ1) is 48.0. The highest BCUT2D eigenvalue weighted by Crippen LogP contribution is 2.33. The van der Waals surface area contributed by atoms with Crippen molar-refractivity contribution in [3.05, 3.63) is 131 Å². The second-order valence-corrected chi connectivity index (χ2v) is 20.3. The average Bonchev–Trinajstić information content (AvgIpc) is 3.37. The smallest absolute Gasteiger partial charge is 0.293 e. The number of hydrogen-bond donors (Lipinski definition) is 2. The molecule has 3 saturated heterocycles. The number of piperazine rings is 1. The Morgan fingerprint density at radius 3 is 2.26 bits per heavy atom. The van der Waals surface area contributed by atoms with Gasteiger partial charge in [0.15, 0.2) is 5.82 Å². The van der Waals surface area contributed by atoms with Crippen LogP contribution in [0.15, 0.2) is 125 Å². The van der Waals surface area contributed by atoms with E-state index < -0.39 is 14.9 Å². The minimum Gasteiger partial charge on any atom is -0.492 e. The molecule has 6 aromatic rings. The SMILES string of the molecule is C[C@H](CCSc1ccc(N2CCOCC2)cc1)Nc1ccc(S(=O)(=O)Nc2ncnc3cc(N4CCN(Cc5cc(OCCN6CCOCC6)ccc5-c5ccccc5)CC4)ccc23)cc1[N+](=O)[O-]. The van der Waals surface area contributed by atoms with Crippen molar-refractivity contribution in [3.8, 4) is 16.9 Å². The number of anilines is 4. The van der Waals surface area contributed by atoms with Gasteiger partial charge in [0.25, 0.3) is 15.7 Å². The van der Waals surface area contributed by atoms with Crippen molar-refractivity contribution in [3.63, 3.8) is 0 Å². The molecule has 0 aliphatic carbocycles. The lowest BCUT2D eigenvalue weighted by Gasteiger charge is -2.36. The number of aromatic nitrogens is 2. The minimum absolute atomic E-state index is 0.0876. The van der Waals surface area contributed by atoms with E-state index in [1.807, 2.05) is 31.2 Å². The zero-order valence-electron chi connectivity index (χ0n) is 38.9. The largest absolute Gasteiger partial charge is 0.492 e. The van der Waals surface area contributed by atoms with Gasteiger partial charge in [-0.2, -0.15) is 0 Å². The second-order valence-electron chi connectivity index (χ2n) is 17.5. The first-order chi connectivity index (χ1) is 33.6. The van der Waals surface area contributed by atoms with E-state index in [-0.39, 0.29) is 28.1 Å². The molecule has 9 rings (SSSR count). The molecule has 2 N–H and O–H groups in total.